The van der Waals surface area contributed by atoms with Crippen LogP contribution in [0.5, 0.6) is 5.75 Å². The van der Waals surface area contributed by atoms with E-state index in [1.807, 2.05) is 13.8 Å². The zero-order valence-electron chi connectivity index (χ0n) is 14.8. The van der Waals surface area contributed by atoms with Gasteiger partial charge in [0, 0.05) is 0 Å². The number of ether oxygens (including phenoxy) is 1. The molecule has 1 aromatic carbocycles. The summed E-state index contributed by atoms with van der Waals surface area (Å²) in [5, 5.41) is 8.62. The topological polar surface area (TPSA) is 79.2 Å². The third-order valence-electron chi connectivity index (χ3n) is 4.63. The Morgan fingerprint density at radius 3 is 2.79 bits per heavy atom. The number of rotatable bonds is 6. The quantitative estimate of drug-likeness (QED) is 0.855. The van der Waals surface area contributed by atoms with Crippen LogP contribution < -0.4 is 9.46 Å². The van der Waals surface area contributed by atoms with Gasteiger partial charge < -0.3 is 4.74 Å². The van der Waals surface area contributed by atoms with E-state index < -0.39 is 20.9 Å². The lowest BCUT2D eigenvalue weighted by molar-refractivity contribution is 0.0573. The van der Waals surface area contributed by atoms with Crippen LogP contribution in [0.4, 0.5) is 0 Å². The minimum Gasteiger partial charge on any atom is -0.486 e. The van der Waals surface area contributed by atoms with Crippen molar-refractivity contribution in [1.29, 1.82) is 5.26 Å². The summed E-state index contributed by atoms with van der Waals surface area (Å²) in [6.07, 6.45) is 3.02. The molecule has 2 rings (SSSR count). The van der Waals surface area contributed by atoms with Crippen LogP contribution in [0.1, 0.15) is 58.1 Å². The second-order valence-corrected chi connectivity index (χ2v) is 9.14. The second-order valence-electron chi connectivity index (χ2n) is 7.01. The van der Waals surface area contributed by atoms with Gasteiger partial charge in [-0.2, -0.15) is 5.26 Å². The van der Waals surface area contributed by atoms with Crippen molar-refractivity contribution in [3.05, 3.63) is 29.3 Å². The number of nitrogens with zero attached hydrogens (tertiary/aromatic N) is 1. The van der Waals surface area contributed by atoms with Gasteiger partial charge in [-0.3, -0.25) is 0 Å². The van der Waals surface area contributed by atoms with Gasteiger partial charge in [0.25, 0.3) is 0 Å². The minimum absolute atomic E-state index is 0.368. The molecule has 2 unspecified atom stereocenters. The van der Waals surface area contributed by atoms with E-state index in [0.29, 0.717) is 24.2 Å². The van der Waals surface area contributed by atoms with Crippen molar-refractivity contribution < 1.29 is 13.2 Å². The standard InChI is InChI=1S/C18H26N2O3S/c1-5-6-7-13(2)24(21,22)20-17-11-15-10-14(12-19)8-9-16(15)23-18(17,3)4/h8-10,13,17,20H,5-7,11H2,1-4H3. The fraction of sp³-hybridized carbons (Fsp3) is 0.611. The summed E-state index contributed by atoms with van der Waals surface area (Å²) in [6, 6.07) is 7.01. The van der Waals surface area contributed by atoms with Crippen molar-refractivity contribution in [2.24, 2.45) is 0 Å². The first kappa shape index (κ1) is 18.8. The molecule has 0 spiro atoms. The molecule has 0 aromatic heterocycles. The first-order valence-corrected chi connectivity index (χ1v) is 9.97. The van der Waals surface area contributed by atoms with Crippen molar-refractivity contribution >= 4 is 10.0 Å². The number of nitriles is 1. The molecule has 5 nitrogen and oxygen atoms in total. The van der Waals surface area contributed by atoms with Crippen LogP contribution >= 0.6 is 0 Å². The molecule has 1 aromatic rings. The molecule has 1 aliphatic rings. The van der Waals surface area contributed by atoms with Crippen LogP contribution in [0.2, 0.25) is 0 Å². The lowest BCUT2D eigenvalue weighted by Gasteiger charge is -2.40. The third-order valence-corrected chi connectivity index (χ3v) is 6.53. The van der Waals surface area contributed by atoms with Crippen molar-refractivity contribution in [1.82, 2.24) is 4.72 Å². The molecule has 0 bridgehead atoms. The highest BCUT2D eigenvalue weighted by Crippen LogP contribution is 2.34. The van der Waals surface area contributed by atoms with Gasteiger partial charge in [0.05, 0.1) is 22.9 Å². The van der Waals surface area contributed by atoms with Crippen molar-refractivity contribution in [2.45, 2.75) is 70.3 Å². The van der Waals surface area contributed by atoms with Gasteiger partial charge >= 0.3 is 0 Å². The Morgan fingerprint density at radius 1 is 1.46 bits per heavy atom. The summed E-state index contributed by atoms with van der Waals surface area (Å²) < 4.78 is 34.1. The van der Waals surface area contributed by atoms with E-state index in [2.05, 4.69) is 17.7 Å². The molecule has 24 heavy (non-hydrogen) atoms. The molecule has 0 radical (unpaired) electrons. The Labute approximate surface area is 145 Å². The second kappa shape index (κ2) is 7.12. The van der Waals surface area contributed by atoms with E-state index in [0.717, 1.165) is 18.4 Å². The lowest BCUT2D eigenvalue weighted by atomic mass is 9.89. The predicted octanol–water partition coefficient (Wildman–Crippen LogP) is 3.14. The first-order valence-electron chi connectivity index (χ1n) is 8.42. The summed E-state index contributed by atoms with van der Waals surface area (Å²) in [5.41, 5.74) is 0.760. The molecule has 1 N–H and O–H groups in total. The van der Waals surface area contributed by atoms with Crippen LogP contribution in [-0.2, 0) is 16.4 Å². The van der Waals surface area contributed by atoms with Gasteiger partial charge in [0.15, 0.2) is 0 Å². The zero-order chi connectivity index (χ0) is 18.0. The fourth-order valence-electron chi connectivity index (χ4n) is 2.87. The smallest absolute Gasteiger partial charge is 0.214 e. The van der Waals surface area contributed by atoms with Gasteiger partial charge in [-0.25, -0.2) is 13.1 Å². The van der Waals surface area contributed by atoms with E-state index in [9.17, 15) is 8.42 Å². The van der Waals surface area contributed by atoms with E-state index in [1.165, 1.54) is 0 Å². The van der Waals surface area contributed by atoms with Gasteiger partial charge in [0.2, 0.25) is 10.0 Å². The van der Waals surface area contributed by atoms with Crippen molar-refractivity contribution in [3.63, 3.8) is 0 Å². The third kappa shape index (κ3) is 4.08. The Morgan fingerprint density at radius 2 is 2.17 bits per heavy atom. The van der Waals surface area contributed by atoms with Crippen molar-refractivity contribution in [3.8, 4) is 11.8 Å². The molecule has 2 atom stereocenters. The number of unbranched alkanes of at least 4 members (excludes halogenated alkanes) is 1. The van der Waals surface area contributed by atoms with E-state index >= 15 is 0 Å². The van der Waals surface area contributed by atoms with Crippen LogP contribution in [0.25, 0.3) is 0 Å². The SMILES string of the molecule is CCCCC(C)S(=O)(=O)NC1Cc2cc(C#N)ccc2OC1(C)C. The molecule has 0 fully saturated rings. The van der Waals surface area contributed by atoms with E-state index in [1.54, 1.807) is 25.1 Å². The maximum absolute atomic E-state index is 12.6. The molecule has 132 valence electrons. The average molecular weight is 350 g/mol. The summed E-state index contributed by atoms with van der Waals surface area (Å²) in [6.45, 7) is 7.57. The van der Waals surface area contributed by atoms with Crippen LogP contribution in [0, 0.1) is 11.3 Å². The van der Waals surface area contributed by atoms with E-state index in [4.69, 9.17) is 10.00 Å². The molecular formula is C18H26N2O3S. The number of benzene rings is 1. The maximum atomic E-state index is 12.6. The van der Waals surface area contributed by atoms with Gasteiger partial charge in [-0.15, -0.1) is 0 Å². The Kier molecular flexibility index (Phi) is 5.56. The maximum Gasteiger partial charge on any atom is 0.214 e. The Hall–Kier alpha value is -1.58. The number of hydrogen-bond acceptors (Lipinski definition) is 4. The Balaban J connectivity index is 2.22. The molecule has 1 heterocycles. The van der Waals surface area contributed by atoms with Crippen LogP contribution in [-0.4, -0.2) is 25.3 Å². The first-order chi connectivity index (χ1) is 11.2. The number of fused-ring (bicyclic) bond motifs is 1. The Bertz CT molecular complexity index is 735. The van der Waals surface area contributed by atoms with Gasteiger partial charge in [-0.1, -0.05) is 19.8 Å². The number of sulfonamides is 1. The van der Waals surface area contributed by atoms with Gasteiger partial charge in [-0.05, 0) is 57.4 Å². The van der Waals surface area contributed by atoms with Gasteiger partial charge in [0.1, 0.15) is 11.4 Å². The molecular weight excluding hydrogens is 324 g/mol. The summed E-state index contributed by atoms with van der Waals surface area (Å²) in [4.78, 5) is 0. The molecule has 6 heteroatoms. The molecule has 0 saturated heterocycles. The average Bonchev–Trinajstić information content (AvgIpc) is 2.52. The van der Waals surface area contributed by atoms with Crippen LogP contribution in [0.3, 0.4) is 0 Å². The summed E-state index contributed by atoms with van der Waals surface area (Å²) in [5.74, 6) is 0.716. The minimum atomic E-state index is -3.42. The van der Waals surface area contributed by atoms with Crippen molar-refractivity contribution in [2.75, 3.05) is 0 Å². The highest BCUT2D eigenvalue weighted by atomic mass is 32.2. The van der Waals surface area contributed by atoms with Crippen LogP contribution in [0.15, 0.2) is 18.2 Å². The molecule has 1 aliphatic heterocycles. The number of hydrogen-bond donors (Lipinski definition) is 1. The fourth-order valence-corrected chi connectivity index (χ4v) is 4.35. The predicted molar refractivity (Wildman–Crippen MR) is 94.4 cm³/mol. The molecule has 0 aliphatic carbocycles. The summed E-state index contributed by atoms with van der Waals surface area (Å²) >= 11 is 0. The molecule has 0 amide bonds. The summed E-state index contributed by atoms with van der Waals surface area (Å²) in [7, 11) is -3.42. The number of nitrogens with one attached hydrogen (secondary N) is 1. The highest BCUT2D eigenvalue weighted by Gasteiger charge is 2.40. The lowest BCUT2D eigenvalue weighted by Crippen LogP contribution is -2.57. The van der Waals surface area contributed by atoms with E-state index in [-0.39, 0.29) is 6.04 Å². The normalized spacial score (nSPS) is 20.5. The monoisotopic (exact) mass is 350 g/mol. The largest absolute Gasteiger partial charge is 0.486 e. The zero-order valence-corrected chi connectivity index (χ0v) is 15.6. The highest BCUT2D eigenvalue weighted by molar-refractivity contribution is 7.90. The molecule has 0 saturated carbocycles.